The fourth-order valence-electron chi connectivity index (χ4n) is 3.23. The Morgan fingerprint density at radius 1 is 1.43 bits per heavy atom. The van der Waals surface area contributed by atoms with E-state index in [1.807, 2.05) is 6.07 Å². The fraction of sp³-hybridized carbons (Fsp3) is 0.438. The highest BCUT2D eigenvalue weighted by Crippen LogP contribution is 2.35. The van der Waals surface area contributed by atoms with Crippen molar-refractivity contribution in [2.75, 3.05) is 18.0 Å². The number of hydrogen-bond acceptors (Lipinski definition) is 3. The molecule has 1 aliphatic heterocycles. The van der Waals surface area contributed by atoms with Gasteiger partial charge in [-0.2, -0.15) is 0 Å². The predicted octanol–water partition coefficient (Wildman–Crippen LogP) is 1.35. The predicted molar refractivity (Wildman–Crippen MR) is 85.5 cm³/mol. The Kier molecular flexibility index (Phi) is 3.37. The molecule has 0 bridgehead atoms. The molecule has 2 aromatic rings. The zero-order valence-corrected chi connectivity index (χ0v) is 12.6. The normalized spacial score (nSPS) is 18.6. The van der Waals surface area contributed by atoms with E-state index in [-0.39, 0.29) is 18.4 Å². The molecule has 0 aliphatic carbocycles. The van der Waals surface area contributed by atoms with E-state index in [2.05, 4.69) is 29.8 Å². The second-order valence-corrected chi connectivity index (χ2v) is 6.01. The molecule has 21 heavy (non-hydrogen) atoms. The average Bonchev–Trinajstić information content (AvgIpc) is 2.96. The maximum Gasteiger partial charge on any atom is 0.221 e. The summed E-state index contributed by atoms with van der Waals surface area (Å²) < 4.78 is 0. The van der Waals surface area contributed by atoms with Gasteiger partial charge in [0.05, 0.1) is 11.9 Å². The quantitative estimate of drug-likeness (QED) is 0.796. The lowest BCUT2D eigenvalue weighted by Gasteiger charge is -2.20. The van der Waals surface area contributed by atoms with Crippen molar-refractivity contribution in [3.8, 4) is 0 Å². The molecular weight excluding hydrogens is 264 g/mol. The molecule has 0 radical (unpaired) electrons. The van der Waals surface area contributed by atoms with E-state index in [1.54, 1.807) is 0 Å². The molecule has 0 spiro atoms. The number of aryl methyl sites for hydroxylation is 2. The van der Waals surface area contributed by atoms with Crippen molar-refractivity contribution in [2.45, 2.75) is 32.7 Å². The first kappa shape index (κ1) is 13.9. The summed E-state index contributed by atoms with van der Waals surface area (Å²) in [6, 6.07) is 4.34. The van der Waals surface area contributed by atoms with Gasteiger partial charge in [0, 0.05) is 35.9 Å². The number of amides is 1. The summed E-state index contributed by atoms with van der Waals surface area (Å²) >= 11 is 0. The van der Waals surface area contributed by atoms with Gasteiger partial charge in [-0.1, -0.05) is 6.07 Å². The summed E-state index contributed by atoms with van der Waals surface area (Å²) in [4.78, 5) is 17.0. The Morgan fingerprint density at radius 2 is 2.19 bits per heavy atom. The smallest absolute Gasteiger partial charge is 0.221 e. The standard InChI is InChI=1S/C16H22N4O/c1-9-10(2)19-16-11(7-14(18)21)3-4-13(15(9)16)20-6-5-12(17)8-20/h3-4,12,19H,5-8,17H2,1-2H3,(H2,18,21)/t12-/m1/s1. The third kappa shape index (κ3) is 2.38. The molecule has 1 aromatic heterocycles. The van der Waals surface area contributed by atoms with E-state index >= 15 is 0 Å². The number of nitrogens with two attached hydrogens (primary N) is 2. The number of fused-ring (bicyclic) bond motifs is 1. The molecule has 1 saturated heterocycles. The molecule has 112 valence electrons. The van der Waals surface area contributed by atoms with Crippen LogP contribution in [0.2, 0.25) is 0 Å². The van der Waals surface area contributed by atoms with Crippen molar-refractivity contribution >= 4 is 22.5 Å². The second-order valence-electron chi connectivity index (χ2n) is 6.01. The highest BCUT2D eigenvalue weighted by atomic mass is 16.1. The monoisotopic (exact) mass is 286 g/mol. The molecule has 0 saturated carbocycles. The van der Waals surface area contributed by atoms with Crippen molar-refractivity contribution in [1.82, 2.24) is 4.98 Å². The SMILES string of the molecule is Cc1[nH]c2c(CC(N)=O)ccc(N3CC[C@@H](N)C3)c2c1C. The molecule has 1 atom stereocenters. The van der Waals surface area contributed by atoms with Crippen molar-refractivity contribution in [3.05, 3.63) is 29.0 Å². The summed E-state index contributed by atoms with van der Waals surface area (Å²) in [7, 11) is 0. The highest BCUT2D eigenvalue weighted by Gasteiger charge is 2.23. The summed E-state index contributed by atoms with van der Waals surface area (Å²) in [6.45, 7) is 6.04. The first-order valence-corrected chi connectivity index (χ1v) is 7.37. The topological polar surface area (TPSA) is 88.1 Å². The van der Waals surface area contributed by atoms with Gasteiger partial charge in [0.2, 0.25) is 5.91 Å². The molecule has 0 unspecified atom stereocenters. The van der Waals surface area contributed by atoms with Gasteiger partial charge in [0.1, 0.15) is 0 Å². The van der Waals surface area contributed by atoms with Crippen LogP contribution in [0.1, 0.15) is 23.2 Å². The van der Waals surface area contributed by atoms with Crippen molar-refractivity contribution < 1.29 is 4.79 Å². The summed E-state index contributed by atoms with van der Waals surface area (Å²) in [5.41, 5.74) is 16.9. The molecule has 3 rings (SSSR count). The first-order valence-electron chi connectivity index (χ1n) is 7.37. The van der Waals surface area contributed by atoms with E-state index in [1.165, 1.54) is 16.6 Å². The molecule has 1 amide bonds. The van der Waals surface area contributed by atoms with Crippen LogP contribution < -0.4 is 16.4 Å². The average molecular weight is 286 g/mol. The van der Waals surface area contributed by atoms with Crippen LogP contribution in [0.15, 0.2) is 12.1 Å². The maximum absolute atomic E-state index is 11.3. The molecule has 5 nitrogen and oxygen atoms in total. The zero-order chi connectivity index (χ0) is 15.1. The highest BCUT2D eigenvalue weighted by molar-refractivity contribution is 5.99. The van der Waals surface area contributed by atoms with Crippen LogP contribution in [0.3, 0.4) is 0 Å². The van der Waals surface area contributed by atoms with Crippen molar-refractivity contribution in [2.24, 2.45) is 11.5 Å². The number of benzene rings is 1. The van der Waals surface area contributed by atoms with Gasteiger partial charge in [-0.15, -0.1) is 0 Å². The number of carbonyl (C=O) groups excluding carboxylic acids is 1. The van der Waals surface area contributed by atoms with Crippen molar-refractivity contribution in [3.63, 3.8) is 0 Å². The lowest BCUT2D eigenvalue weighted by Crippen LogP contribution is -2.26. The number of anilines is 1. The van der Waals surface area contributed by atoms with E-state index in [4.69, 9.17) is 11.5 Å². The van der Waals surface area contributed by atoms with Crippen LogP contribution >= 0.6 is 0 Å². The number of rotatable bonds is 3. The molecule has 2 heterocycles. The summed E-state index contributed by atoms with van der Waals surface area (Å²) in [5, 5.41) is 1.19. The van der Waals surface area contributed by atoms with Crippen LogP contribution in [0.5, 0.6) is 0 Å². The fourth-order valence-corrected chi connectivity index (χ4v) is 3.23. The largest absolute Gasteiger partial charge is 0.369 e. The number of hydrogen-bond donors (Lipinski definition) is 3. The van der Waals surface area contributed by atoms with Gasteiger partial charge in [-0.05, 0) is 37.5 Å². The number of H-pyrrole nitrogens is 1. The molecule has 5 heteroatoms. The Morgan fingerprint density at radius 3 is 2.81 bits per heavy atom. The molecule has 1 aromatic carbocycles. The van der Waals surface area contributed by atoms with E-state index in [0.29, 0.717) is 0 Å². The lowest BCUT2D eigenvalue weighted by atomic mass is 10.0. The van der Waals surface area contributed by atoms with E-state index in [9.17, 15) is 4.79 Å². The first-order chi connectivity index (χ1) is 9.97. The minimum absolute atomic E-state index is 0.241. The molecular formula is C16H22N4O. The third-order valence-corrected chi connectivity index (χ3v) is 4.45. The molecule has 1 fully saturated rings. The summed E-state index contributed by atoms with van der Waals surface area (Å²) in [6.07, 6.45) is 1.28. The Balaban J connectivity index is 2.16. The Labute approximate surface area is 124 Å². The van der Waals surface area contributed by atoms with Gasteiger partial charge in [0.15, 0.2) is 0 Å². The van der Waals surface area contributed by atoms with Gasteiger partial charge in [-0.3, -0.25) is 4.79 Å². The van der Waals surface area contributed by atoms with Crippen LogP contribution in [-0.4, -0.2) is 30.0 Å². The Bertz CT molecular complexity index is 704. The number of carbonyl (C=O) groups is 1. The third-order valence-electron chi connectivity index (χ3n) is 4.45. The summed E-state index contributed by atoms with van der Waals surface area (Å²) in [5.74, 6) is -0.308. The Hall–Kier alpha value is -2.01. The van der Waals surface area contributed by atoms with Crippen LogP contribution in [0.25, 0.3) is 10.9 Å². The van der Waals surface area contributed by atoms with Gasteiger partial charge in [0.25, 0.3) is 0 Å². The number of primary amides is 1. The van der Waals surface area contributed by atoms with Crippen LogP contribution in [0.4, 0.5) is 5.69 Å². The number of aromatic amines is 1. The lowest BCUT2D eigenvalue weighted by molar-refractivity contribution is -0.117. The maximum atomic E-state index is 11.3. The zero-order valence-electron chi connectivity index (χ0n) is 12.6. The minimum Gasteiger partial charge on any atom is -0.369 e. The number of nitrogens with zero attached hydrogens (tertiary/aromatic N) is 1. The molecule has 5 N–H and O–H groups in total. The number of nitrogens with one attached hydrogen (secondary N) is 1. The van der Waals surface area contributed by atoms with Gasteiger partial charge >= 0.3 is 0 Å². The minimum atomic E-state index is -0.308. The van der Waals surface area contributed by atoms with Gasteiger partial charge < -0.3 is 21.4 Å². The van der Waals surface area contributed by atoms with E-state index in [0.717, 1.165) is 36.3 Å². The number of aromatic nitrogens is 1. The van der Waals surface area contributed by atoms with Crippen LogP contribution in [0, 0.1) is 13.8 Å². The van der Waals surface area contributed by atoms with Gasteiger partial charge in [-0.25, -0.2) is 0 Å². The van der Waals surface area contributed by atoms with E-state index < -0.39 is 0 Å². The van der Waals surface area contributed by atoms with Crippen molar-refractivity contribution in [1.29, 1.82) is 0 Å². The second kappa shape index (κ2) is 5.07. The molecule has 1 aliphatic rings. The van der Waals surface area contributed by atoms with Crippen LogP contribution in [-0.2, 0) is 11.2 Å².